The fourth-order valence-electron chi connectivity index (χ4n) is 3.45. The molecule has 0 fully saturated rings. The maximum Gasteiger partial charge on any atom is 0.227 e. The van der Waals surface area contributed by atoms with Gasteiger partial charge in [-0.25, -0.2) is 4.68 Å². The largest absolute Gasteiger partial charge is 0.497 e. The first-order valence-corrected chi connectivity index (χ1v) is 11.2. The van der Waals surface area contributed by atoms with Crippen molar-refractivity contribution in [3.05, 3.63) is 64.8 Å². The second-order valence-corrected chi connectivity index (χ2v) is 8.11. The van der Waals surface area contributed by atoms with Crippen LogP contribution in [0, 0.1) is 6.92 Å². The molecular formula is C25H30ClN3O3. The molecule has 0 saturated carbocycles. The van der Waals surface area contributed by atoms with Crippen molar-refractivity contribution in [2.24, 2.45) is 0 Å². The molecule has 3 aromatic rings. The molecule has 6 nitrogen and oxygen atoms in total. The molecule has 0 bridgehead atoms. The van der Waals surface area contributed by atoms with Crippen LogP contribution >= 0.6 is 11.6 Å². The predicted molar refractivity (Wildman–Crippen MR) is 127 cm³/mol. The first kappa shape index (κ1) is 23.7. The average molecular weight is 456 g/mol. The molecule has 170 valence electrons. The third kappa shape index (κ3) is 5.25. The summed E-state index contributed by atoms with van der Waals surface area (Å²) in [5, 5.41) is 5.35. The molecule has 0 aliphatic rings. The van der Waals surface area contributed by atoms with Crippen LogP contribution in [0.25, 0.3) is 5.69 Å². The summed E-state index contributed by atoms with van der Waals surface area (Å²) in [6, 6.07) is 14.9. The highest BCUT2D eigenvalue weighted by atomic mass is 35.5. The Balaban J connectivity index is 2.09. The second kappa shape index (κ2) is 10.6. The van der Waals surface area contributed by atoms with Gasteiger partial charge in [0.05, 0.1) is 30.6 Å². The first-order chi connectivity index (χ1) is 15.4. The number of carbonyl (C=O) groups is 1. The van der Waals surface area contributed by atoms with Crippen LogP contribution in [-0.2, 0) is 11.3 Å². The molecule has 1 amide bonds. The van der Waals surface area contributed by atoms with Gasteiger partial charge in [0.15, 0.2) is 0 Å². The summed E-state index contributed by atoms with van der Waals surface area (Å²) in [7, 11) is 1.62. The number of ether oxygens (including phenoxy) is 2. The summed E-state index contributed by atoms with van der Waals surface area (Å²) in [6.07, 6.45) is 1.31. The van der Waals surface area contributed by atoms with Crippen molar-refractivity contribution < 1.29 is 14.3 Å². The number of halogens is 1. The maximum absolute atomic E-state index is 12.7. The van der Waals surface area contributed by atoms with Crippen molar-refractivity contribution in [1.29, 1.82) is 0 Å². The SMILES string of the molecule is CCC(=O)N(Cc1c(C)nn(-c2cccc(Cl)c2)c1Oc1ccc(OC)cc1)[C@@H](C)CC. The zero-order valence-electron chi connectivity index (χ0n) is 19.3. The molecule has 0 N–H and O–H groups in total. The number of hydrogen-bond donors (Lipinski definition) is 0. The van der Waals surface area contributed by atoms with Crippen LogP contribution in [0.1, 0.15) is 44.9 Å². The minimum Gasteiger partial charge on any atom is -0.497 e. The Labute approximate surface area is 194 Å². The van der Waals surface area contributed by atoms with Crippen LogP contribution < -0.4 is 9.47 Å². The highest BCUT2D eigenvalue weighted by Gasteiger charge is 2.25. The lowest BCUT2D eigenvalue weighted by molar-refractivity contribution is -0.133. The standard InChI is InChI=1S/C25H30ClN3O3/c1-6-17(3)28(24(30)7-2)16-23-18(4)27-29(20-10-8-9-19(26)15-20)25(23)32-22-13-11-21(31-5)12-14-22/h8-15,17H,6-7,16H2,1-5H3/t17-/m0/s1. The van der Waals surface area contributed by atoms with Gasteiger partial charge in [0.25, 0.3) is 0 Å². The van der Waals surface area contributed by atoms with Gasteiger partial charge in [-0.05, 0) is 62.7 Å². The minimum absolute atomic E-state index is 0.102. The Kier molecular flexibility index (Phi) is 7.80. The Hall–Kier alpha value is -2.99. The number of hydrogen-bond acceptors (Lipinski definition) is 4. The van der Waals surface area contributed by atoms with Crippen molar-refractivity contribution in [3.8, 4) is 23.1 Å². The molecule has 2 aromatic carbocycles. The quantitative estimate of drug-likeness (QED) is 0.387. The molecule has 0 unspecified atom stereocenters. The normalized spacial score (nSPS) is 11.8. The van der Waals surface area contributed by atoms with E-state index >= 15 is 0 Å². The average Bonchev–Trinajstić information content (AvgIpc) is 3.11. The van der Waals surface area contributed by atoms with Gasteiger partial charge in [-0.3, -0.25) is 4.79 Å². The number of benzene rings is 2. The highest BCUT2D eigenvalue weighted by Crippen LogP contribution is 2.33. The topological polar surface area (TPSA) is 56.6 Å². The summed E-state index contributed by atoms with van der Waals surface area (Å²) in [5.74, 6) is 2.05. The van der Waals surface area contributed by atoms with Crippen LogP contribution in [0.2, 0.25) is 5.02 Å². The Bertz CT molecular complexity index is 1060. The molecule has 0 radical (unpaired) electrons. The number of aromatic nitrogens is 2. The van der Waals surface area contributed by atoms with E-state index in [0.29, 0.717) is 29.6 Å². The van der Waals surface area contributed by atoms with Crippen molar-refractivity contribution >= 4 is 17.5 Å². The molecule has 0 aliphatic heterocycles. The van der Waals surface area contributed by atoms with Crippen LogP contribution in [0.3, 0.4) is 0 Å². The number of rotatable bonds is 9. The second-order valence-electron chi connectivity index (χ2n) is 7.67. The third-order valence-electron chi connectivity index (χ3n) is 5.54. The van der Waals surface area contributed by atoms with E-state index in [2.05, 4.69) is 13.8 Å². The van der Waals surface area contributed by atoms with Crippen molar-refractivity contribution in [1.82, 2.24) is 14.7 Å². The van der Waals surface area contributed by atoms with E-state index in [-0.39, 0.29) is 11.9 Å². The number of aryl methyl sites for hydroxylation is 1. The van der Waals surface area contributed by atoms with E-state index in [1.807, 2.05) is 67.3 Å². The summed E-state index contributed by atoms with van der Waals surface area (Å²) < 4.78 is 13.3. The molecule has 3 rings (SSSR count). The van der Waals surface area contributed by atoms with Crippen molar-refractivity contribution in [2.75, 3.05) is 7.11 Å². The molecule has 32 heavy (non-hydrogen) atoms. The van der Waals surface area contributed by atoms with Gasteiger partial charge in [0, 0.05) is 17.5 Å². The van der Waals surface area contributed by atoms with Crippen LogP contribution in [0.5, 0.6) is 17.4 Å². The zero-order valence-corrected chi connectivity index (χ0v) is 20.0. The molecule has 7 heteroatoms. The molecule has 1 aromatic heterocycles. The van der Waals surface area contributed by atoms with E-state index in [9.17, 15) is 4.79 Å². The summed E-state index contributed by atoms with van der Waals surface area (Å²) in [6.45, 7) is 8.38. The predicted octanol–water partition coefficient (Wildman–Crippen LogP) is 6.17. The molecular weight excluding hydrogens is 426 g/mol. The van der Waals surface area contributed by atoms with Crippen LogP contribution in [0.15, 0.2) is 48.5 Å². The smallest absolute Gasteiger partial charge is 0.227 e. The van der Waals surface area contributed by atoms with Crippen LogP contribution in [0.4, 0.5) is 0 Å². The van der Waals surface area contributed by atoms with Crippen molar-refractivity contribution in [3.63, 3.8) is 0 Å². The molecule has 0 aliphatic carbocycles. The van der Waals surface area contributed by atoms with Gasteiger partial charge < -0.3 is 14.4 Å². The maximum atomic E-state index is 12.7. The molecule has 1 heterocycles. The van der Waals surface area contributed by atoms with Gasteiger partial charge >= 0.3 is 0 Å². The minimum atomic E-state index is 0.102. The van der Waals surface area contributed by atoms with E-state index in [0.717, 1.165) is 29.1 Å². The lowest BCUT2D eigenvalue weighted by Crippen LogP contribution is -2.37. The van der Waals surface area contributed by atoms with E-state index in [1.54, 1.807) is 11.8 Å². The highest BCUT2D eigenvalue weighted by molar-refractivity contribution is 6.30. The summed E-state index contributed by atoms with van der Waals surface area (Å²) in [4.78, 5) is 14.6. The number of methoxy groups -OCH3 is 1. The lowest BCUT2D eigenvalue weighted by Gasteiger charge is -2.28. The van der Waals surface area contributed by atoms with Crippen molar-refractivity contribution in [2.45, 2.75) is 53.1 Å². The third-order valence-corrected chi connectivity index (χ3v) is 5.77. The molecule has 0 saturated heterocycles. The number of carbonyl (C=O) groups excluding carboxylic acids is 1. The lowest BCUT2D eigenvalue weighted by atomic mass is 10.1. The van der Waals surface area contributed by atoms with E-state index < -0.39 is 0 Å². The number of amides is 1. The Morgan fingerprint density at radius 3 is 2.44 bits per heavy atom. The summed E-state index contributed by atoms with van der Waals surface area (Å²) >= 11 is 6.24. The van der Waals surface area contributed by atoms with Gasteiger partial charge in [-0.2, -0.15) is 5.10 Å². The van der Waals surface area contributed by atoms with E-state index in [4.69, 9.17) is 26.2 Å². The van der Waals surface area contributed by atoms with Gasteiger partial charge in [-0.15, -0.1) is 0 Å². The van der Waals surface area contributed by atoms with Gasteiger partial charge in [-0.1, -0.05) is 31.5 Å². The van der Waals surface area contributed by atoms with Gasteiger partial charge in [0.1, 0.15) is 11.5 Å². The Morgan fingerprint density at radius 1 is 1.16 bits per heavy atom. The monoisotopic (exact) mass is 455 g/mol. The molecule has 1 atom stereocenters. The number of nitrogens with zero attached hydrogens (tertiary/aromatic N) is 3. The zero-order chi connectivity index (χ0) is 23.3. The fraction of sp³-hybridized carbons (Fsp3) is 0.360. The van der Waals surface area contributed by atoms with Crippen LogP contribution in [-0.4, -0.2) is 33.7 Å². The Morgan fingerprint density at radius 2 is 1.84 bits per heavy atom. The first-order valence-electron chi connectivity index (χ1n) is 10.8. The molecule has 0 spiro atoms. The fourth-order valence-corrected chi connectivity index (χ4v) is 3.63. The summed E-state index contributed by atoms with van der Waals surface area (Å²) in [5.41, 5.74) is 2.45. The van der Waals surface area contributed by atoms with E-state index in [1.165, 1.54) is 0 Å². The van der Waals surface area contributed by atoms with Gasteiger partial charge in [0.2, 0.25) is 11.8 Å².